The average Bonchev–Trinajstić information content (AvgIpc) is 3.14. The van der Waals surface area contributed by atoms with Gasteiger partial charge in [-0.2, -0.15) is 0 Å². The highest BCUT2D eigenvalue weighted by atomic mass is 16.7. The molecule has 134 valence electrons. The fraction of sp³-hybridized carbons (Fsp3) is 0.211. The number of hydrogen-bond donors (Lipinski definition) is 1. The number of hydrogen-bond acceptors (Lipinski definition) is 6. The SMILES string of the molecule is C[C@H](NC(=O)c1ccccc1)C(=O)OCC(=O)c1ccc2c(c1)OCO2. The van der Waals surface area contributed by atoms with Gasteiger partial charge in [0.25, 0.3) is 5.91 Å². The first-order valence-corrected chi connectivity index (χ1v) is 8.00. The van der Waals surface area contributed by atoms with E-state index in [0.29, 0.717) is 22.6 Å². The highest BCUT2D eigenvalue weighted by Gasteiger charge is 2.21. The number of carbonyl (C=O) groups is 3. The van der Waals surface area contributed by atoms with Gasteiger partial charge in [-0.3, -0.25) is 9.59 Å². The number of Topliss-reactive ketones (excluding diaryl/α,β-unsaturated/α-hetero) is 1. The van der Waals surface area contributed by atoms with Gasteiger partial charge in [0.05, 0.1) is 0 Å². The van der Waals surface area contributed by atoms with Gasteiger partial charge in [-0.15, -0.1) is 0 Å². The minimum Gasteiger partial charge on any atom is -0.456 e. The minimum atomic E-state index is -0.882. The van der Waals surface area contributed by atoms with Crippen LogP contribution in [0.3, 0.4) is 0 Å². The molecule has 1 aliphatic heterocycles. The Morgan fingerprint density at radius 1 is 1.04 bits per heavy atom. The molecule has 0 fully saturated rings. The molecule has 1 heterocycles. The second-order valence-electron chi connectivity index (χ2n) is 5.66. The average molecular weight is 355 g/mol. The number of nitrogens with one attached hydrogen (secondary N) is 1. The molecule has 1 aliphatic rings. The fourth-order valence-electron chi connectivity index (χ4n) is 2.34. The summed E-state index contributed by atoms with van der Waals surface area (Å²) in [6.07, 6.45) is 0. The fourth-order valence-corrected chi connectivity index (χ4v) is 2.34. The first kappa shape index (κ1) is 17.5. The lowest BCUT2D eigenvalue weighted by atomic mass is 10.1. The lowest BCUT2D eigenvalue weighted by molar-refractivity contribution is -0.144. The molecule has 1 amide bonds. The zero-order valence-corrected chi connectivity index (χ0v) is 14.1. The molecular weight excluding hydrogens is 338 g/mol. The van der Waals surface area contributed by atoms with E-state index in [1.165, 1.54) is 6.92 Å². The van der Waals surface area contributed by atoms with Crippen molar-refractivity contribution < 1.29 is 28.6 Å². The lowest BCUT2D eigenvalue weighted by Gasteiger charge is -2.13. The molecule has 1 N–H and O–H groups in total. The standard InChI is InChI=1S/C19H17NO6/c1-12(20-18(22)13-5-3-2-4-6-13)19(23)24-10-15(21)14-7-8-16-17(9-14)26-11-25-16/h2-9,12H,10-11H2,1H3,(H,20,22)/t12-/m0/s1. The molecule has 0 aliphatic carbocycles. The van der Waals surface area contributed by atoms with E-state index in [-0.39, 0.29) is 12.6 Å². The van der Waals surface area contributed by atoms with Gasteiger partial charge in [0.1, 0.15) is 6.04 Å². The zero-order valence-electron chi connectivity index (χ0n) is 14.1. The Morgan fingerprint density at radius 2 is 1.77 bits per heavy atom. The molecule has 0 spiro atoms. The van der Waals surface area contributed by atoms with Crippen LogP contribution < -0.4 is 14.8 Å². The van der Waals surface area contributed by atoms with Crippen molar-refractivity contribution in [1.29, 1.82) is 0 Å². The zero-order chi connectivity index (χ0) is 18.5. The van der Waals surface area contributed by atoms with Gasteiger partial charge >= 0.3 is 5.97 Å². The number of amides is 1. The molecule has 1 atom stereocenters. The predicted octanol–water partition coefficient (Wildman–Crippen LogP) is 1.96. The van der Waals surface area contributed by atoms with Crippen LogP contribution in [0.2, 0.25) is 0 Å². The molecule has 26 heavy (non-hydrogen) atoms. The van der Waals surface area contributed by atoms with E-state index in [2.05, 4.69) is 5.32 Å². The molecule has 0 saturated carbocycles. The van der Waals surface area contributed by atoms with Crippen molar-refractivity contribution in [1.82, 2.24) is 5.32 Å². The highest BCUT2D eigenvalue weighted by Crippen LogP contribution is 2.32. The largest absolute Gasteiger partial charge is 0.456 e. The number of esters is 1. The summed E-state index contributed by atoms with van der Waals surface area (Å²) in [5, 5.41) is 2.53. The van der Waals surface area contributed by atoms with Crippen molar-refractivity contribution in [2.45, 2.75) is 13.0 Å². The summed E-state index contributed by atoms with van der Waals surface area (Å²) in [5.41, 5.74) is 0.784. The molecule has 0 aromatic heterocycles. The number of benzene rings is 2. The number of rotatable bonds is 6. The van der Waals surface area contributed by atoms with E-state index in [4.69, 9.17) is 14.2 Å². The Morgan fingerprint density at radius 3 is 2.54 bits per heavy atom. The van der Waals surface area contributed by atoms with Crippen LogP contribution in [0.1, 0.15) is 27.6 Å². The maximum absolute atomic E-state index is 12.2. The Bertz CT molecular complexity index is 833. The topological polar surface area (TPSA) is 90.9 Å². The maximum atomic E-state index is 12.2. The van der Waals surface area contributed by atoms with Gasteiger partial charge in [0.2, 0.25) is 6.79 Å². The molecule has 7 heteroatoms. The quantitative estimate of drug-likeness (QED) is 0.629. The molecule has 0 radical (unpaired) electrons. The first-order chi connectivity index (χ1) is 12.5. The Hall–Kier alpha value is -3.35. The summed E-state index contributed by atoms with van der Waals surface area (Å²) in [6.45, 7) is 1.18. The summed E-state index contributed by atoms with van der Waals surface area (Å²) in [4.78, 5) is 36.2. The van der Waals surface area contributed by atoms with Gasteiger partial charge in [0.15, 0.2) is 23.9 Å². The van der Waals surface area contributed by atoms with E-state index >= 15 is 0 Å². The summed E-state index contributed by atoms with van der Waals surface area (Å²) in [5.74, 6) is -0.416. The maximum Gasteiger partial charge on any atom is 0.328 e. The van der Waals surface area contributed by atoms with Crippen LogP contribution in [0.5, 0.6) is 11.5 Å². The van der Waals surface area contributed by atoms with Crippen molar-refractivity contribution in [3.63, 3.8) is 0 Å². The summed E-state index contributed by atoms with van der Waals surface area (Å²) < 4.78 is 15.4. The third kappa shape index (κ3) is 4.00. The third-order valence-corrected chi connectivity index (χ3v) is 3.78. The molecule has 2 aromatic carbocycles. The number of ether oxygens (including phenoxy) is 3. The number of fused-ring (bicyclic) bond motifs is 1. The lowest BCUT2D eigenvalue weighted by Crippen LogP contribution is -2.40. The van der Waals surface area contributed by atoms with E-state index in [1.807, 2.05) is 0 Å². The summed E-state index contributed by atoms with van der Waals surface area (Å²) in [7, 11) is 0. The van der Waals surface area contributed by atoms with E-state index in [1.54, 1.807) is 48.5 Å². The Labute approximate surface area is 149 Å². The second kappa shape index (κ2) is 7.69. The first-order valence-electron chi connectivity index (χ1n) is 8.00. The molecular formula is C19H17NO6. The van der Waals surface area contributed by atoms with Crippen LogP contribution in [0.25, 0.3) is 0 Å². The third-order valence-electron chi connectivity index (χ3n) is 3.78. The Balaban J connectivity index is 1.51. The van der Waals surface area contributed by atoms with Crippen LogP contribution in [0.15, 0.2) is 48.5 Å². The van der Waals surface area contributed by atoms with Crippen LogP contribution in [-0.2, 0) is 9.53 Å². The van der Waals surface area contributed by atoms with Crippen LogP contribution in [0.4, 0.5) is 0 Å². The van der Waals surface area contributed by atoms with Crippen LogP contribution in [-0.4, -0.2) is 37.1 Å². The normalized spacial score (nSPS) is 13.0. The molecule has 0 unspecified atom stereocenters. The van der Waals surface area contributed by atoms with E-state index in [9.17, 15) is 14.4 Å². The second-order valence-corrected chi connectivity index (χ2v) is 5.66. The van der Waals surface area contributed by atoms with Gasteiger partial charge in [0, 0.05) is 11.1 Å². The van der Waals surface area contributed by atoms with Crippen molar-refractivity contribution in [2.24, 2.45) is 0 Å². The molecule has 3 rings (SSSR count). The van der Waals surface area contributed by atoms with Crippen LogP contribution in [0, 0.1) is 0 Å². The monoisotopic (exact) mass is 355 g/mol. The smallest absolute Gasteiger partial charge is 0.328 e. The van der Waals surface area contributed by atoms with Gasteiger partial charge in [-0.25, -0.2) is 4.79 Å². The summed E-state index contributed by atoms with van der Waals surface area (Å²) >= 11 is 0. The molecule has 7 nitrogen and oxygen atoms in total. The molecule has 0 bridgehead atoms. The number of ketones is 1. The van der Waals surface area contributed by atoms with E-state index < -0.39 is 24.5 Å². The molecule has 0 saturated heterocycles. The van der Waals surface area contributed by atoms with Crippen molar-refractivity contribution in [3.8, 4) is 11.5 Å². The summed E-state index contributed by atoms with van der Waals surface area (Å²) in [6, 6.07) is 12.4. The van der Waals surface area contributed by atoms with E-state index in [0.717, 1.165) is 0 Å². The number of carbonyl (C=O) groups excluding carboxylic acids is 3. The predicted molar refractivity (Wildman–Crippen MR) is 91.2 cm³/mol. The van der Waals surface area contributed by atoms with Crippen molar-refractivity contribution in [2.75, 3.05) is 13.4 Å². The molecule has 2 aromatic rings. The van der Waals surface area contributed by atoms with Gasteiger partial charge in [-0.1, -0.05) is 18.2 Å². The van der Waals surface area contributed by atoms with Gasteiger partial charge < -0.3 is 19.5 Å². The highest BCUT2D eigenvalue weighted by molar-refractivity contribution is 5.99. The van der Waals surface area contributed by atoms with Crippen molar-refractivity contribution >= 4 is 17.7 Å². The minimum absolute atomic E-state index is 0.112. The van der Waals surface area contributed by atoms with Crippen LogP contribution >= 0.6 is 0 Å². The van der Waals surface area contributed by atoms with Crippen molar-refractivity contribution in [3.05, 3.63) is 59.7 Å². The van der Waals surface area contributed by atoms with Gasteiger partial charge in [-0.05, 0) is 37.3 Å². The Kier molecular flexibility index (Phi) is 5.17.